The molecule has 4 nitrogen and oxygen atoms in total. The number of nitrogens with zero attached hydrogens (tertiary/aromatic N) is 2. The van der Waals surface area contributed by atoms with Crippen molar-refractivity contribution in [2.45, 2.75) is 0 Å². The van der Waals surface area contributed by atoms with E-state index in [1.807, 2.05) is 30.3 Å². The fourth-order valence-electron chi connectivity index (χ4n) is 1.56. The average molecular weight is 265 g/mol. The molecule has 3 rings (SSSR count). The number of nitrogens with one attached hydrogen (secondary N) is 2. The van der Waals surface area contributed by atoms with E-state index in [0.29, 0.717) is 10.6 Å². The summed E-state index contributed by atoms with van der Waals surface area (Å²) in [7, 11) is 0. The third-order valence-electron chi connectivity index (χ3n) is 2.30. The molecule has 2 heterocycles. The maximum Gasteiger partial charge on any atom is 0.176 e. The highest BCUT2D eigenvalue weighted by Crippen LogP contribution is 2.15. The molecule has 0 unspecified atom stereocenters. The van der Waals surface area contributed by atoms with E-state index in [0.717, 1.165) is 16.7 Å². The minimum Gasteiger partial charge on any atom is -0.328 e. The third kappa shape index (κ3) is 2.20. The van der Waals surface area contributed by atoms with E-state index in [1.165, 1.54) is 0 Å². The smallest absolute Gasteiger partial charge is 0.176 e. The molecule has 0 aliphatic carbocycles. The molecule has 0 saturated heterocycles. The molecule has 6 heteroatoms. The molecule has 3 aromatic rings. The number of hydrogen-bond acceptors (Lipinski definition) is 3. The Balaban J connectivity index is 0.00000108. The van der Waals surface area contributed by atoms with Gasteiger partial charge in [-0.25, -0.2) is 9.97 Å². The number of aromatic nitrogens is 4. The van der Waals surface area contributed by atoms with E-state index in [2.05, 4.69) is 19.9 Å². The zero-order chi connectivity index (χ0) is 11.0. The lowest BCUT2D eigenvalue weighted by Gasteiger charge is -1.98. The van der Waals surface area contributed by atoms with Crippen LogP contribution in [0.25, 0.3) is 22.6 Å². The second-order valence-electron chi connectivity index (χ2n) is 3.40. The van der Waals surface area contributed by atoms with Gasteiger partial charge in [-0.3, -0.25) is 0 Å². The second kappa shape index (κ2) is 4.65. The summed E-state index contributed by atoms with van der Waals surface area (Å²) in [6.45, 7) is 0. The van der Waals surface area contributed by atoms with Gasteiger partial charge in [-0.15, -0.1) is 12.4 Å². The van der Waals surface area contributed by atoms with Crippen LogP contribution in [0, 0.1) is 4.77 Å². The van der Waals surface area contributed by atoms with Crippen LogP contribution in [-0.2, 0) is 0 Å². The van der Waals surface area contributed by atoms with Crippen molar-refractivity contribution in [3.63, 3.8) is 0 Å². The van der Waals surface area contributed by atoms with Gasteiger partial charge >= 0.3 is 0 Å². The minimum atomic E-state index is 0. The lowest BCUT2D eigenvalue weighted by atomic mass is 10.2. The van der Waals surface area contributed by atoms with Gasteiger partial charge in [-0.1, -0.05) is 30.3 Å². The van der Waals surface area contributed by atoms with Gasteiger partial charge in [0.15, 0.2) is 16.2 Å². The van der Waals surface area contributed by atoms with Crippen molar-refractivity contribution in [1.82, 2.24) is 19.9 Å². The quantitative estimate of drug-likeness (QED) is 0.664. The van der Waals surface area contributed by atoms with Crippen molar-refractivity contribution >= 4 is 35.8 Å². The fourth-order valence-corrected chi connectivity index (χ4v) is 1.76. The monoisotopic (exact) mass is 264 g/mol. The van der Waals surface area contributed by atoms with Gasteiger partial charge in [0, 0.05) is 5.56 Å². The molecule has 1 aromatic carbocycles. The molecule has 0 aliphatic rings. The Hall–Kier alpha value is -1.72. The molecule has 0 spiro atoms. The van der Waals surface area contributed by atoms with Crippen LogP contribution in [0.2, 0.25) is 0 Å². The van der Waals surface area contributed by atoms with Crippen molar-refractivity contribution in [2.24, 2.45) is 0 Å². The molecule has 0 atom stereocenters. The first-order chi connectivity index (χ1) is 7.83. The van der Waals surface area contributed by atoms with Crippen LogP contribution in [0.1, 0.15) is 0 Å². The number of imidazole rings is 1. The van der Waals surface area contributed by atoms with Gasteiger partial charge in [0.25, 0.3) is 0 Å². The first-order valence-corrected chi connectivity index (χ1v) is 5.24. The number of fused-ring (bicyclic) bond motifs is 1. The van der Waals surface area contributed by atoms with Crippen molar-refractivity contribution in [2.75, 3.05) is 0 Å². The van der Waals surface area contributed by atoms with E-state index >= 15 is 0 Å². The van der Waals surface area contributed by atoms with Gasteiger partial charge in [-0.2, -0.15) is 0 Å². The average Bonchev–Trinajstić information content (AvgIpc) is 2.69. The maximum absolute atomic E-state index is 4.99. The Morgan fingerprint density at radius 2 is 1.82 bits per heavy atom. The molecule has 86 valence electrons. The van der Waals surface area contributed by atoms with E-state index in [-0.39, 0.29) is 12.4 Å². The fraction of sp³-hybridized carbons (Fsp3) is 0. The first kappa shape index (κ1) is 11.8. The van der Waals surface area contributed by atoms with Crippen molar-refractivity contribution in [3.05, 3.63) is 41.3 Å². The number of H-pyrrole nitrogens is 2. The molecule has 0 amide bonds. The number of hydrogen-bond donors (Lipinski definition) is 2. The predicted octanol–water partition coefficient (Wildman–Crippen LogP) is 3.10. The van der Waals surface area contributed by atoms with Gasteiger partial charge in [0.1, 0.15) is 5.52 Å². The van der Waals surface area contributed by atoms with Gasteiger partial charge < -0.3 is 9.97 Å². The summed E-state index contributed by atoms with van der Waals surface area (Å²) in [5, 5.41) is 0. The Morgan fingerprint density at radius 3 is 2.59 bits per heavy atom. The standard InChI is InChI=1S/C11H8N4S.ClH/c16-11-13-8-6-12-9(14-10(8)15-11)7-4-2-1-3-5-7;/h1-6H,(H2,12,13,14,15,16);1H. The maximum atomic E-state index is 4.99. The van der Waals surface area contributed by atoms with Crippen molar-refractivity contribution in [1.29, 1.82) is 0 Å². The van der Waals surface area contributed by atoms with Crippen LogP contribution in [0.5, 0.6) is 0 Å². The zero-order valence-electron chi connectivity index (χ0n) is 8.68. The van der Waals surface area contributed by atoms with Gasteiger partial charge in [0.2, 0.25) is 0 Å². The Bertz CT molecular complexity index is 689. The third-order valence-corrected chi connectivity index (χ3v) is 2.51. The van der Waals surface area contributed by atoms with Crippen molar-refractivity contribution in [3.8, 4) is 11.4 Å². The Morgan fingerprint density at radius 1 is 1.06 bits per heavy atom. The molecule has 0 bridgehead atoms. The highest BCUT2D eigenvalue weighted by atomic mass is 35.5. The van der Waals surface area contributed by atoms with Crippen LogP contribution < -0.4 is 0 Å². The molecule has 17 heavy (non-hydrogen) atoms. The van der Waals surface area contributed by atoms with Crippen LogP contribution in [-0.4, -0.2) is 19.9 Å². The van der Waals surface area contributed by atoms with Gasteiger partial charge in [0.05, 0.1) is 6.20 Å². The topological polar surface area (TPSA) is 57.4 Å². The summed E-state index contributed by atoms with van der Waals surface area (Å²) in [5.41, 5.74) is 2.55. The lowest BCUT2D eigenvalue weighted by Crippen LogP contribution is -1.88. The first-order valence-electron chi connectivity index (χ1n) is 4.83. The molecule has 2 N–H and O–H groups in total. The summed E-state index contributed by atoms with van der Waals surface area (Å²) in [6, 6.07) is 9.83. The zero-order valence-corrected chi connectivity index (χ0v) is 10.3. The number of benzene rings is 1. The summed E-state index contributed by atoms with van der Waals surface area (Å²) < 4.78 is 0.564. The molecule has 2 aromatic heterocycles. The van der Waals surface area contributed by atoms with E-state index in [9.17, 15) is 0 Å². The number of aromatic amines is 2. The van der Waals surface area contributed by atoms with E-state index < -0.39 is 0 Å². The molecular formula is C11H9ClN4S. The number of halogens is 1. The van der Waals surface area contributed by atoms with Crippen LogP contribution >= 0.6 is 24.6 Å². The molecule has 0 fully saturated rings. The van der Waals surface area contributed by atoms with Crippen LogP contribution in [0.15, 0.2) is 36.5 Å². The summed E-state index contributed by atoms with van der Waals surface area (Å²) in [5.74, 6) is 0.693. The lowest BCUT2D eigenvalue weighted by molar-refractivity contribution is 1.20. The van der Waals surface area contributed by atoms with Crippen molar-refractivity contribution < 1.29 is 0 Å². The largest absolute Gasteiger partial charge is 0.328 e. The Labute approximate surface area is 109 Å². The van der Waals surface area contributed by atoms with Gasteiger partial charge in [-0.05, 0) is 12.2 Å². The predicted molar refractivity (Wildman–Crippen MR) is 71.8 cm³/mol. The molecule has 0 aliphatic heterocycles. The highest BCUT2D eigenvalue weighted by Gasteiger charge is 2.03. The van der Waals surface area contributed by atoms with Crippen LogP contribution in [0.3, 0.4) is 0 Å². The summed E-state index contributed by atoms with van der Waals surface area (Å²) >= 11 is 4.99. The van der Waals surface area contributed by atoms with E-state index in [1.54, 1.807) is 6.20 Å². The molecular weight excluding hydrogens is 256 g/mol. The van der Waals surface area contributed by atoms with E-state index in [4.69, 9.17) is 12.2 Å². The molecule has 0 radical (unpaired) electrons. The number of rotatable bonds is 1. The molecule has 0 saturated carbocycles. The second-order valence-corrected chi connectivity index (χ2v) is 3.81. The highest BCUT2D eigenvalue weighted by molar-refractivity contribution is 7.71. The summed E-state index contributed by atoms with van der Waals surface area (Å²) in [4.78, 5) is 14.6. The normalized spacial score (nSPS) is 10.1. The Kier molecular flexibility index (Phi) is 3.21. The minimum absolute atomic E-state index is 0. The SMILES string of the molecule is Cl.S=c1[nH]c2cnc(-c3ccccc3)nc2[nH]1. The van der Waals surface area contributed by atoms with Crippen LogP contribution in [0.4, 0.5) is 0 Å². The summed E-state index contributed by atoms with van der Waals surface area (Å²) in [6.07, 6.45) is 1.73.